The molecule has 1 rings (SSSR count). The maximum absolute atomic E-state index is 12.6. The number of aliphatic carboxylic acids is 1. The van der Waals surface area contributed by atoms with Gasteiger partial charge in [0.05, 0.1) is 0 Å². The van der Waals surface area contributed by atoms with E-state index in [1.807, 2.05) is 36.2 Å². The van der Waals surface area contributed by atoms with E-state index in [-0.39, 0.29) is 5.92 Å². The molecule has 150 valence electrons. The quantitative estimate of drug-likeness (QED) is 0.378. The monoisotopic (exact) mass is 443 g/mol. The van der Waals surface area contributed by atoms with E-state index in [1.165, 1.54) is 0 Å². The first-order valence-electron chi connectivity index (χ1n) is 8.88. The molecule has 0 radical (unpaired) electrons. The Kier molecular flexibility index (Phi) is 10.1. The Balaban J connectivity index is 2.71. The van der Waals surface area contributed by atoms with Crippen LogP contribution in [0.5, 0.6) is 0 Å². The van der Waals surface area contributed by atoms with Crippen LogP contribution in [-0.2, 0) is 20.8 Å². The van der Waals surface area contributed by atoms with Crippen LogP contribution in [0.15, 0.2) is 30.3 Å². The molecular weight excluding hydrogens is 413 g/mol. The molecule has 0 fully saturated rings. The van der Waals surface area contributed by atoms with E-state index in [0.717, 1.165) is 10.9 Å². The molecule has 27 heavy (non-hydrogen) atoms. The van der Waals surface area contributed by atoms with Gasteiger partial charge >= 0.3 is 148 Å². The van der Waals surface area contributed by atoms with Crippen LogP contribution in [0.2, 0.25) is 11.1 Å². The second kappa shape index (κ2) is 11.7. The number of carboxylic acid groups (broad SMARTS) is 1. The van der Waals surface area contributed by atoms with Crippen molar-refractivity contribution < 1.29 is 19.5 Å². The number of nitrogens with two attached hydrogens (primary N) is 1. The number of carbonyl (C=O) groups excluding carboxylic acids is 2. The third-order valence-corrected chi connectivity index (χ3v) is 5.46. The number of rotatable bonds is 11. The third-order valence-electron chi connectivity index (χ3n) is 4.11. The first-order valence-corrected chi connectivity index (χ1v) is 11.8. The topological polar surface area (TPSA) is 122 Å². The summed E-state index contributed by atoms with van der Waals surface area (Å²) in [6, 6.07) is 6.80. The average molecular weight is 442 g/mol. The van der Waals surface area contributed by atoms with Crippen LogP contribution in [-0.4, -0.2) is 56.0 Å². The summed E-state index contributed by atoms with van der Waals surface area (Å²) in [6.45, 7) is 3.58. The Morgan fingerprint density at radius 2 is 1.74 bits per heavy atom. The van der Waals surface area contributed by atoms with Crippen LogP contribution in [0.3, 0.4) is 0 Å². The molecular formula is C19H29N3O4Se. The van der Waals surface area contributed by atoms with Crippen molar-refractivity contribution in [2.24, 2.45) is 11.7 Å². The van der Waals surface area contributed by atoms with Gasteiger partial charge in [0.2, 0.25) is 0 Å². The number of hydrogen-bond donors (Lipinski definition) is 4. The minimum absolute atomic E-state index is 0.206. The summed E-state index contributed by atoms with van der Waals surface area (Å²) in [5.74, 6) is -0.193. The van der Waals surface area contributed by atoms with Gasteiger partial charge in [0, 0.05) is 0 Å². The molecule has 3 unspecified atom stereocenters. The van der Waals surface area contributed by atoms with Crippen molar-refractivity contribution in [2.75, 3.05) is 0 Å². The van der Waals surface area contributed by atoms with Crippen LogP contribution in [0, 0.1) is 5.92 Å². The molecule has 5 N–H and O–H groups in total. The van der Waals surface area contributed by atoms with E-state index in [0.29, 0.717) is 27.8 Å². The van der Waals surface area contributed by atoms with Gasteiger partial charge in [0.25, 0.3) is 0 Å². The molecule has 0 aromatic heterocycles. The zero-order valence-electron chi connectivity index (χ0n) is 16.0. The van der Waals surface area contributed by atoms with Crippen molar-refractivity contribution in [1.29, 1.82) is 0 Å². The molecule has 0 heterocycles. The summed E-state index contributed by atoms with van der Waals surface area (Å²) in [7, 11) is 0. The molecule has 3 atom stereocenters. The van der Waals surface area contributed by atoms with Gasteiger partial charge in [0.15, 0.2) is 0 Å². The van der Waals surface area contributed by atoms with E-state index in [9.17, 15) is 19.5 Å². The van der Waals surface area contributed by atoms with Crippen molar-refractivity contribution in [3.8, 4) is 0 Å². The molecule has 8 heteroatoms. The summed E-state index contributed by atoms with van der Waals surface area (Å²) in [4.78, 5) is 36.3. The van der Waals surface area contributed by atoms with Crippen LogP contribution in [0.1, 0.15) is 25.8 Å². The molecule has 2 amide bonds. The van der Waals surface area contributed by atoms with Crippen molar-refractivity contribution in [1.82, 2.24) is 10.6 Å². The van der Waals surface area contributed by atoms with E-state index >= 15 is 0 Å². The Bertz CT molecular complexity index is 625. The molecule has 0 aliphatic carbocycles. The van der Waals surface area contributed by atoms with Gasteiger partial charge in [0.1, 0.15) is 0 Å². The molecule has 0 saturated heterocycles. The van der Waals surface area contributed by atoms with E-state index in [4.69, 9.17) is 5.73 Å². The van der Waals surface area contributed by atoms with Gasteiger partial charge in [-0.25, -0.2) is 0 Å². The molecule has 0 aliphatic heterocycles. The fourth-order valence-corrected chi connectivity index (χ4v) is 3.50. The third kappa shape index (κ3) is 8.11. The number of amides is 2. The fraction of sp³-hybridized carbons (Fsp3) is 0.526. The predicted molar refractivity (Wildman–Crippen MR) is 105 cm³/mol. The summed E-state index contributed by atoms with van der Waals surface area (Å²) in [5, 5.41) is 15.3. The number of carbonyl (C=O) groups is 3. The van der Waals surface area contributed by atoms with E-state index in [2.05, 4.69) is 10.6 Å². The summed E-state index contributed by atoms with van der Waals surface area (Å²) in [6.07, 6.45) is 0.735. The normalized spacial score (nSPS) is 14.3. The predicted octanol–water partition coefficient (Wildman–Crippen LogP) is 0.827. The summed E-state index contributed by atoms with van der Waals surface area (Å²) in [5.41, 5.74) is 6.91. The van der Waals surface area contributed by atoms with Gasteiger partial charge in [-0.3, -0.25) is 0 Å². The first kappa shape index (κ1) is 23.1. The van der Waals surface area contributed by atoms with Crippen molar-refractivity contribution in [3.63, 3.8) is 0 Å². The number of hydrogen-bond acceptors (Lipinski definition) is 4. The van der Waals surface area contributed by atoms with E-state index < -0.39 is 35.9 Å². The molecule has 0 spiro atoms. The molecule has 7 nitrogen and oxygen atoms in total. The number of nitrogens with one attached hydrogen (secondary N) is 2. The Morgan fingerprint density at radius 1 is 1.11 bits per heavy atom. The molecule has 0 aliphatic rings. The molecule has 1 aromatic rings. The van der Waals surface area contributed by atoms with Crippen LogP contribution in [0.25, 0.3) is 0 Å². The molecule has 1 aromatic carbocycles. The second-order valence-electron chi connectivity index (χ2n) is 6.71. The van der Waals surface area contributed by atoms with E-state index in [1.54, 1.807) is 13.8 Å². The first-order chi connectivity index (χ1) is 12.8. The number of carboxylic acids is 1. The van der Waals surface area contributed by atoms with Gasteiger partial charge in [-0.05, 0) is 0 Å². The summed E-state index contributed by atoms with van der Waals surface area (Å²) < 4.78 is 0. The average Bonchev–Trinajstić information content (AvgIpc) is 2.62. The van der Waals surface area contributed by atoms with Crippen molar-refractivity contribution in [2.45, 2.75) is 56.0 Å². The fourth-order valence-electron chi connectivity index (χ4n) is 2.51. The standard InChI is InChI=1S/C19H29N3O4Se/c1-12(2)16(18(24)21-15(19(25)26)9-10-27-3)22-17(23)14(20)11-13-7-5-4-6-8-13/h4-8,12,14-16H,9-11,20H2,1-3H3,(H,21,24)(H,22,23)(H,25,26). The van der Waals surface area contributed by atoms with Crippen LogP contribution >= 0.6 is 0 Å². The van der Waals surface area contributed by atoms with Gasteiger partial charge in [-0.15, -0.1) is 0 Å². The van der Waals surface area contributed by atoms with Gasteiger partial charge in [-0.2, -0.15) is 0 Å². The van der Waals surface area contributed by atoms with Crippen molar-refractivity contribution in [3.05, 3.63) is 35.9 Å². The summed E-state index contributed by atoms with van der Waals surface area (Å²) >= 11 is 0.328. The zero-order chi connectivity index (χ0) is 20.4. The Labute approximate surface area is 166 Å². The maximum atomic E-state index is 12.6. The van der Waals surface area contributed by atoms with Crippen molar-refractivity contribution >= 4 is 32.7 Å². The van der Waals surface area contributed by atoms with Crippen LogP contribution < -0.4 is 16.4 Å². The minimum atomic E-state index is -1.07. The van der Waals surface area contributed by atoms with Crippen LogP contribution in [0.4, 0.5) is 0 Å². The SMILES string of the molecule is C[Se]CCC(NC(=O)C(NC(=O)C(N)Cc1ccccc1)C(C)C)C(=O)O. The Morgan fingerprint density at radius 3 is 2.26 bits per heavy atom. The Hall–Kier alpha value is -1.89. The molecule has 0 bridgehead atoms. The second-order valence-corrected chi connectivity index (χ2v) is 8.78. The number of benzene rings is 1. The van der Waals surface area contributed by atoms with Gasteiger partial charge < -0.3 is 0 Å². The zero-order valence-corrected chi connectivity index (χ0v) is 17.7. The van der Waals surface area contributed by atoms with Gasteiger partial charge in [-0.1, -0.05) is 18.2 Å². The molecule has 0 saturated carbocycles.